The number of aryl methyl sites for hydroxylation is 1. The summed E-state index contributed by atoms with van der Waals surface area (Å²) in [5.41, 5.74) is 3.18. The first-order valence-electron chi connectivity index (χ1n) is 7.60. The van der Waals surface area contributed by atoms with E-state index in [1.807, 2.05) is 0 Å². The minimum atomic E-state index is 0.430. The van der Waals surface area contributed by atoms with Gasteiger partial charge in [-0.3, -0.25) is 0 Å². The second kappa shape index (κ2) is 6.69. The van der Waals surface area contributed by atoms with Crippen molar-refractivity contribution in [3.63, 3.8) is 0 Å². The monoisotopic (exact) mass is 277 g/mol. The molecule has 0 unspecified atom stereocenters. The molecule has 0 aliphatic heterocycles. The molecule has 2 rings (SSSR count). The third-order valence-electron chi connectivity index (χ3n) is 4.61. The summed E-state index contributed by atoms with van der Waals surface area (Å²) in [7, 11) is 2.22. The van der Waals surface area contributed by atoms with E-state index in [1.54, 1.807) is 0 Å². The van der Waals surface area contributed by atoms with Gasteiger partial charge in [0.1, 0.15) is 0 Å². The van der Waals surface area contributed by atoms with Gasteiger partial charge in [0.05, 0.1) is 0 Å². The maximum atomic E-state index is 4.64. The van der Waals surface area contributed by atoms with Crippen LogP contribution in [0, 0.1) is 5.41 Å². The largest absolute Gasteiger partial charge is 0.374 e. The van der Waals surface area contributed by atoms with Crippen molar-refractivity contribution in [1.82, 2.24) is 0 Å². The highest BCUT2D eigenvalue weighted by Gasteiger charge is 2.31. The smallest absolute Gasteiger partial charge is 0.0363 e. The number of benzene rings is 1. The Morgan fingerprint density at radius 3 is 2.26 bits per heavy atom. The molecule has 0 aromatic heterocycles. The van der Waals surface area contributed by atoms with E-state index in [-0.39, 0.29) is 0 Å². The van der Waals surface area contributed by atoms with Crippen molar-refractivity contribution in [2.24, 2.45) is 5.41 Å². The Balaban J connectivity index is 2.03. The summed E-state index contributed by atoms with van der Waals surface area (Å²) in [6, 6.07) is 9.02. The highest BCUT2D eigenvalue weighted by molar-refractivity contribution is 7.80. The maximum Gasteiger partial charge on any atom is 0.0363 e. The third kappa shape index (κ3) is 3.68. The van der Waals surface area contributed by atoms with Crippen LogP contribution in [-0.4, -0.2) is 19.3 Å². The Hall–Kier alpha value is -0.630. The SMILES string of the molecule is CCc1ccc(N(C)CC2(CS)CCCCC2)cc1. The summed E-state index contributed by atoms with van der Waals surface area (Å²) in [6.45, 7) is 3.35. The molecule has 1 aliphatic carbocycles. The van der Waals surface area contributed by atoms with Crippen LogP contribution in [0.2, 0.25) is 0 Å². The number of hydrogen-bond donors (Lipinski definition) is 1. The van der Waals surface area contributed by atoms with Crippen LogP contribution in [0.3, 0.4) is 0 Å². The Bertz CT molecular complexity index is 379. The van der Waals surface area contributed by atoms with Crippen LogP contribution < -0.4 is 4.90 Å². The lowest BCUT2D eigenvalue weighted by molar-refractivity contribution is 0.230. The number of nitrogens with zero attached hydrogens (tertiary/aromatic N) is 1. The highest BCUT2D eigenvalue weighted by Crippen LogP contribution is 2.38. The van der Waals surface area contributed by atoms with E-state index in [4.69, 9.17) is 0 Å². The van der Waals surface area contributed by atoms with Gasteiger partial charge >= 0.3 is 0 Å². The van der Waals surface area contributed by atoms with Gasteiger partial charge in [-0.25, -0.2) is 0 Å². The van der Waals surface area contributed by atoms with E-state index < -0.39 is 0 Å². The Labute approximate surface area is 123 Å². The van der Waals surface area contributed by atoms with Crippen molar-refractivity contribution in [3.05, 3.63) is 29.8 Å². The molecule has 1 aromatic rings. The van der Waals surface area contributed by atoms with E-state index in [0.29, 0.717) is 5.41 Å². The lowest BCUT2D eigenvalue weighted by atomic mass is 9.75. The van der Waals surface area contributed by atoms with Gasteiger partial charge in [-0.05, 0) is 48.1 Å². The van der Waals surface area contributed by atoms with Gasteiger partial charge in [0.25, 0.3) is 0 Å². The second-order valence-corrected chi connectivity index (χ2v) is 6.41. The van der Waals surface area contributed by atoms with Gasteiger partial charge in [-0.2, -0.15) is 12.6 Å². The van der Waals surface area contributed by atoms with Crippen LogP contribution in [0.4, 0.5) is 5.69 Å². The summed E-state index contributed by atoms with van der Waals surface area (Å²) in [5, 5.41) is 0. The van der Waals surface area contributed by atoms with Crippen LogP contribution in [0.15, 0.2) is 24.3 Å². The molecule has 0 amide bonds. The summed E-state index contributed by atoms with van der Waals surface area (Å²) in [4.78, 5) is 2.42. The van der Waals surface area contributed by atoms with Crippen molar-refractivity contribution in [1.29, 1.82) is 0 Å². The van der Waals surface area contributed by atoms with E-state index >= 15 is 0 Å². The summed E-state index contributed by atoms with van der Waals surface area (Å²) >= 11 is 4.64. The van der Waals surface area contributed by atoms with Gasteiger partial charge in [0.15, 0.2) is 0 Å². The average molecular weight is 277 g/mol. The Morgan fingerprint density at radius 2 is 1.74 bits per heavy atom. The molecule has 0 spiro atoms. The Morgan fingerprint density at radius 1 is 1.11 bits per heavy atom. The van der Waals surface area contributed by atoms with Crippen molar-refractivity contribution < 1.29 is 0 Å². The molecule has 1 aromatic carbocycles. The van der Waals surface area contributed by atoms with Crippen molar-refractivity contribution in [2.75, 3.05) is 24.2 Å². The molecule has 2 heteroatoms. The molecule has 1 nitrogen and oxygen atoms in total. The van der Waals surface area contributed by atoms with Crippen molar-refractivity contribution >= 4 is 18.3 Å². The fourth-order valence-corrected chi connectivity index (χ4v) is 3.66. The second-order valence-electron chi connectivity index (χ2n) is 6.09. The molecule has 106 valence electrons. The number of anilines is 1. The summed E-state index contributed by atoms with van der Waals surface area (Å²) < 4.78 is 0. The maximum absolute atomic E-state index is 4.64. The number of thiol groups is 1. The van der Waals surface area contributed by atoms with E-state index in [0.717, 1.165) is 18.7 Å². The highest BCUT2D eigenvalue weighted by atomic mass is 32.1. The summed E-state index contributed by atoms with van der Waals surface area (Å²) in [6.07, 6.45) is 7.96. The molecule has 19 heavy (non-hydrogen) atoms. The molecule has 0 N–H and O–H groups in total. The van der Waals surface area contributed by atoms with Crippen LogP contribution in [0.1, 0.15) is 44.6 Å². The lowest BCUT2D eigenvalue weighted by Gasteiger charge is -2.40. The predicted molar refractivity (Wildman–Crippen MR) is 88.5 cm³/mol. The minimum Gasteiger partial charge on any atom is -0.374 e. The van der Waals surface area contributed by atoms with Gasteiger partial charge in [-0.1, -0.05) is 38.3 Å². The molecule has 0 saturated heterocycles. The zero-order valence-electron chi connectivity index (χ0n) is 12.4. The topological polar surface area (TPSA) is 3.24 Å². The van der Waals surface area contributed by atoms with Gasteiger partial charge in [-0.15, -0.1) is 0 Å². The van der Waals surface area contributed by atoms with Crippen LogP contribution >= 0.6 is 12.6 Å². The quantitative estimate of drug-likeness (QED) is 0.772. The molecule has 0 radical (unpaired) electrons. The first-order chi connectivity index (χ1) is 9.19. The third-order valence-corrected chi connectivity index (χ3v) is 5.28. The van der Waals surface area contributed by atoms with Gasteiger partial charge in [0, 0.05) is 19.3 Å². The number of hydrogen-bond acceptors (Lipinski definition) is 2. The van der Waals surface area contributed by atoms with Crippen molar-refractivity contribution in [3.8, 4) is 0 Å². The minimum absolute atomic E-state index is 0.430. The fraction of sp³-hybridized carbons (Fsp3) is 0.647. The van der Waals surface area contributed by atoms with Crippen LogP contribution in [0.5, 0.6) is 0 Å². The lowest BCUT2D eigenvalue weighted by Crippen LogP contribution is -2.38. The zero-order chi connectivity index (χ0) is 13.7. The van der Waals surface area contributed by atoms with Crippen molar-refractivity contribution in [2.45, 2.75) is 45.4 Å². The van der Waals surface area contributed by atoms with Gasteiger partial charge in [0.2, 0.25) is 0 Å². The molecular weight excluding hydrogens is 250 g/mol. The standard InChI is InChI=1S/C17H27NS/c1-3-15-7-9-16(10-8-15)18(2)13-17(14-19)11-5-4-6-12-17/h7-10,19H,3-6,11-14H2,1-2H3. The normalized spacial score (nSPS) is 18.3. The number of rotatable bonds is 5. The molecule has 1 saturated carbocycles. The fourth-order valence-electron chi connectivity index (χ4n) is 3.25. The van der Waals surface area contributed by atoms with E-state index in [1.165, 1.54) is 43.4 Å². The van der Waals surface area contributed by atoms with Crippen LogP contribution in [-0.2, 0) is 6.42 Å². The zero-order valence-corrected chi connectivity index (χ0v) is 13.3. The van der Waals surface area contributed by atoms with Gasteiger partial charge < -0.3 is 4.90 Å². The summed E-state index contributed by atoms with van der Waals surface area (Å²) in [5.74, 6) is 1.02. The average Bonchev–Trinajstić information content (AvgIpc) is 2.48. The van der Waals surface area contributed by atoms with Crippen LogP contribution in [0.25, 0.3) is 0 Å². The molecule has 0 heterocycles. The Kier molecular flexibility index (Phi) is 5.20. The van der Waals surface area contributed by atoms with E-state index in [2.05, 4.69) is 55.8 Å². The predicted octanol–water partition coefficient (Wildman–Crippen LogP) is 4.57. The molecular formula is C17H27NS. The first kappa shape index (κ1) is 14.8. The molecule has 0 bridgehead atoms. The molecule has 0 atom stereocenters. The molecule has 1 fully saturated rings. The first-order valence-corrected chi connectivity index (χ1v) is 8.23. The van der Waals surface area contributed by atoms with E-state index in [9.17, 15) is 0 Å². The molecule has 1 aliphatic rings.